The molecule has 0 radical (unpaired) electrons. The number of nitrogens with two attached hydrogens (primary N) is 1. The number of hydrogen-bond acceptors (Lipinski definition) is 7. The maximum Gasteiger partial charge on any atom is 0.260 e. The molecule has 1 aromatic heterocycles. The number of rotatable bonds is 5. The molecule has 1 aromatic carbocycles. The van der Waals surface area contributed by atoms with Gasteiger partial charge in [0.05, 0.1) is 16.0 Å². The van der Waals surface area contributed by atoms with E-state index in [0.717, 1.165) is 50.9 Å². The van der Waals surface area contributed by atoms with Gasteiger partial charge < -0.3 is 15.2 Å². The molecule has 0 spiro atoms. The molecule has 0 amide bonds. The van der Waals surface area contributed by atoms with Crippen molar-refractivity contribution in [3.63, 3.8) is 0 Å². The van der Waals surface area contributed by atoms with E-state index >= 15 is 0 Å². The van der Waals surface area contributed by atoms with Gasteiger partial charge in [0.15, 0.2) is 5.82 Å². The number of sulfonamides is 1. The molecule has 4 rings (SSSR count). The Balaban J connectivity index is 1.81. The molecule has 2 aromatic rings. The minimum absolute atomic E-state index is 0.205. The third kappa shape index (κ3) is 3.13. The molecule has 1 aliphatic heterocycles. The SMILES string of the molecule is CN(C)S(=O)(=O)c1ccc(N2CCCC2)c(-c2nc(C3(N)CCC3)no2)c1. The Morgan fingerprint density at radius 1 is 1.19 bits per heavy atom. The summed E-state index contributed by atoms with van der Waals surface area (Å²) in [4.78, 5) is 6.97. The Morgan fingerprint density at radius 2 is 1.89 bits per heavy atom. The highest BCUT2D eigenvalue weighted by Crippen LogP contribution is 2.39. The lowest BCUT2D eigenvalue weighted by atomic mass is 9.77. The summed E-state index contributed by atoms with van der Waals surface area (Å²) in [6, 6.07) is 5.10. The molecular weight excluding hydrogens is 366 g/mol. The largest absolute Gasteiger partial charge is 0.371 e. The Kier molecular flexibility index (Phi) is 4.48. The van der Waals surface area contributed by atoms with Crippen LogP contribution < -0.4 is 10.6 Å². The van der Waals surface area contributed by atoms with Gasteiger partial charge in [-0.25, -0.2) is 12.7 Å². The van der Waals surface area contributed by atoms with Crippen LogP contribution in [0.4, 0.5) is 5.69 Å². The zero-order valence-electron chi connectivity index (χ0n) is 15.7. The van der Waals surface area contributed by atoms with Crippen molar-refractivity contribution in [1.82, 2.24) is 14.4 Å². The molecule has 0 unspecified atom stereocenters. The molecule has 2 fully saturated rings. The van der Waals surface area contributed by atoms with Gasteiger partial charge in [-0.3, -0.25) is 0 Å². The van der Waals surface area contributed by atoms with E-state index in [1.165, 1.54) is 18.4 Å². The highest BCUT2D eigenvalue weighted by atomic mass is 32.2. The van der Waals surface area contributed by atoms with Gasteiger partial charge in [0.1, 0.15) is 0 Å². The Morgan fingerprint density at radius 3 is 2.48 bits per heavy atom. The van der Waals surface area contributed by atoms with Crippen molar-refractivity contribution >= 4 is 15.7 Å². The molecule has 9 heteroatoms. The number of benzene rings is 1. The van der Waals surface area contributed by atoms with Crippen LogP contribution >= 0.6 is 0 Å². The van der Waals surface area contributed by atoms with Gasteiger partial charge in [-0.05, 0) is 50.3 Å². The summed E-state index contributed by atoms with van der Waals surface area (Å²) >= 11 is 0. The molecule has 27 heavy (non-hydrogen) atoms. The average molecular weight is 391 g/mol. The third-order valence-electron chi connectivity index (χ3n) is 5.54. The molecular formula is C18H25N5O3S. The number of nitrogens with zero attached hydrogens (tertiary/aromatic N) is 4. The standard InChI is InChI=1S/C18H25N5O3S/c1-22(2)27(24,25)13-6-7-15(23-10-3-4-11-23)14(12-13)16-20-17(21-26-16)18(19)8-5-9-18/h6-7,12H,3-5,8-11,19H2,1-2H3. The van der Waals surface area contributed by atoms with Crippen LogP contribution in [0.2, 0.25) is 0 Å². The maximum absolute atomic E-state index is 12.6. The predicted octanol–water partition coefficient (Wildman–Crippen LogP) is 1.92. The molecule has 146 valence electrons. The predicted molar refractivity (Wildman–Crippen MR) is 102 cm³/mol. The van der Waals surface area contributed by atoms with E-state index in [2.05, 4.69) is 15.0 Å². The summed E-state index contributed by atoms with van der Waals surface area (Å²) in [6.45, 7) is 1.85. The summed E-state index contributed by atoms with van der Waals surface area (Å²) in [5.41, 5.74) is 7.35. The summed E-state index contributed by atoms with van der Waals surface area (Å²) in [7, 11) is -0.529. The van der Waals surface area contributed by atoms with E-state index in [1.807, 2.05) is 6.07 Å². The molecule has 1 saturated carbocycles. The smallest absolute Gasteiger partial charge is 0.260 e. The van der Waals surface area contributed by atoms with Gasteiger partial charge in [0.2, 0.25) is 10.0 Å². The highest BCUT2D eigenvalue weighted by Gasteiger charge is 2.39. The highest BCUT2D eigenvalue weighted by molar-refractivity contribution is 7.89. The number of anilines is 1. The molecule has 2 heterocycles. The summed E-state index contributed by atoms with van der Waals surface area (Å²) in [5.74, 6) is 0.816. The van der Waals surface area contributed by atoms with Crippen molar-refractivity contribution in [3.8, 4) is 11.5 Å². The van der Waals surface area contributed by atoms with Gasteiger partial charge in [0.25, 0.3) is 5.89 Å². The Bertz CT molecular complexity index is 944. The van der Waals surface area contributed by atoms with Gasteiger partial charge in [0, 0.05) is 32.9 Å². The van der Waals surface area contributed by atoms with Crippen molar-refractivity contribution in [1.29, 1.82) is 0 Å². The monoisotopic (exact) mass is 391 g/mol. The van der Waals surface area contributed by atoms with Crippen molar-refractivity contribution in [3.05, 3.63) is 24.0 Å². The lowest BCUT2D eigenvalue weighted by Crippen LogP contribution is -2.44. The second-order valence-corrected chi connectivity index (χ2v) is 9.75. The first-order valence-electron chi connectivity index (χ1n) is 9.26. The van der Waals surface area contributed by atoms with Gasteiger partial charge in [-0.15, -0.1) is 0 Å². The van der Waals surface area contributed by atoms with Gasteiger partial charge >= 0.3 is 0 Å². The number of hydrogen-bond donors (Lipinski definition) is 1. The molecule has 8 nitrogen and oxygen atoms in total. The maximum atomic E-state index is 12.6. The van der Waals surface area contributed by atoms with Crippen molar-refractivity contribution in [2.45, 2.75) is 42.5 Å². The van der Waals surface area contributed by atoms with Crippen molar-refractivity contribution < 1.29 is 12.9 Å². The molecule has 2 aliphatic rings. The minimum atomic E-state index is -3.56. The minimum Gasteiger partial charge on any atom is -0.371 e. The normalized spacial score (nSPS) is 19.5. The molecule has 0 bridgehead atoms. The first-order valence-corrected chi connectivity index (χ1v) is 10.7. The molecule has 1 aliphatic carbocycles. The van der Waals surface area contributed by atoms with E-state index in [4.69, 9.17) is 10.3 Å². The zero-order valence-corrected chi connectivity index (χ0v) is 16.5. The van der Waals surface area contributed by atoms with E-state index in [1.54, 1.807) is 12.1 Å². The summed E-state index contributed by atoms with van der Waals surface area (Å²) in [5, 5.41) is 4.09. The van der Waals surface area contributed by atoms with Crippen LogP contribution in [0.1, 0.15) is 37.9 Å². The zero-order chi connectivity index (χ0) is 19.2. The molecule has 2 N–H and O–H groups in total. The van der Waals surface area contributed by atoms with Crippen LogP contribution in [-0.4, -0.2) is 50.0 Å². The fraction of sp³-hybridized carbons (Fsp3) is 0.556. The van der Waals surface area contributed by atoms with Crippen LogP contribution in [0.15, 0.2) is 27.6 Å². The third-order valence-corrected chi connectivity index (χ3v) is 7.35. The molecule has 1 saturated heterocycles. The molecule has 0 atom stereocenters. The first kappa shape index (κ1) is 18.4. The topological polar surface area (TPSA) is 106 Å². The first-order chi connectivity index (χ1) is 12.8. The summed E-state index contributed by atoms with van der Waals surface area (Å²) < 4.78 is 31.9. The fourth-order valence-corrected chi connectivity index (χ4v) is 4.54. The Labute approximate surface area is 159 Å². The lowest BCUT2D eigenvalue weighted by molar-refractivity contribution is 0.229. The second kappa shape index (κ2) is 6.57. The average Bonchev–Trinajstić information content (AvgIpc) is 3.31. The van der Waals surface area contributed by atoms with E-state index in [0.29, 0.717) is 17.3 Å². The lowest BCUT2D eigenvalue weighted by Gasteiger charge is -2.34. The van der Waals surface area contributed by atoms with Crippen molar-refractivity contribution in [2.75, 3.05) is 32.1 Å². The summed E-state index contributed by atoms with van der Waals surface area (Å²) in [6.07, 6.45) is 4.94. The van der Waals surface area contributed by atoms with E-state index < -0.39 is 15.6 Å². The van der Waals surface area contributed by atoms with Crippen LogP contribution in [0.3, 0.4) is 0 Å². The van der Waals surface area contributed by atoms with Crippen LogP contribution in [-0.2, 0) is 15.6 Å². The van der Waals surface area contributed by atoms with Crippen LogP contribution in [0.25, 0.3) is 11.5 Å². The second-order valence-electron chi connectivity index (χ2n) is 7.59. The van der Waals surface area contributed by atoms with Crippen LogP contribution in [0, 0.1) is 0 Å². The fourth-order valence-electron chi connectivity index (χ4n) is 3.61. The van der Waals surface area contributed by atoms with Gasteiger partial charge in [-0.1, -0.05) is 5.16 Å². The number of aromatic nitrogens is 2. The Hall–Kier alpha value is -1.97. The van der Waals surface area contributed by atoms with Crippen molar-refractivity contribution in [2.24, 2.45) is 5.73 Å². The quantitative estimate of drug-likeness (QED) is 0.830. The van der Waals surface area contributed by atoms with E-state index in [-0.39, 0.29) is 4.90 Å². The van der Waals surface area contributed by atoms with Crippen LogP contribution in [0.5, 0.6) is 0 Å². The van der Waals surface area contributed by atoms with E-state index in [9.17, 15) is 8.42 Å². The van der Waals surface area contributed by atoms with Gasteiger partial charge in [-0.2, -0.15) is 4.98 Å².